The molecule has 0 spiro atoms. The molecular weight excluding hydrogens is 233 g/mol. The van der Waals surface area contributed by atoms with E-state index in [0.29, 0.717) is 0 Å². The molecule has 0 amide bonds. The summed E-state index contributed by atoms with van der Waals surface area (Å²) in [5.41, 5.74) is 0. The van der Waals surface area contributed by atoms with E-state index in [-0.39, 0.29) is 4.90 Å². The Hall–Kier alpha value is -1.52. The Morgan fingerprint density at radius 1 is 1.56 bits per heavy atom. The number of aromatic nitrogens is 1. The fourth-order valence-electron chi connectivity index (χ4n) is 0.989. The molecule has 0 aliphatic rings. The molecule has 5 nitrogen and oxygen atoms in total. The normalized spacial score (nSPS) is 13.4. The molecule has 0 aliphatic heterocycles. The van der Waals surface area contributed by atoms with E-state index in [2.05, 4.69) is 4.98 Å². The highest BCUT2D eigenvalue weighted by molar-refractivity contribution is 7.89. The Balaban J connectivity index is 3.18. The molecule has 0 aliphatic carbocycles. The van der Waals surface area contributed by atoms with Gasteiger partial charge in [-0.3, -0.25) is 4.98 Å². The highest BCUT2D eigenvalue weighted by Crippen LogP contribution is 2.15. The van der Waals surface area contributed by atoms with Gasteiger partial charge in [-0.25, -0.2) is 12.8 Å². The summed E-state index contributed by atoms with van der Waals surface area (Å²) in [4.78, 5) is 3.19. The SMILES string of the molecule is CC(C#N)N(C)S(=O)(=O)c1cncc(F)c1. The zero-order valence-corrected chi connectivity index (χ0v) is 9.57. The number of nitriles is 1. The van der Waals surface area contributed by atoms with Crippen molar-refractivity contribution in [2.75, 3.05) is 7.05 Å². The summed E-state index contributed by atoms with van der Waals surface area (Å²) < 4.78 is 37.4. The van der Waals surface area contributed by atoms with Crippen molar-refractivity contribution in [1.29, 1.82) is 5.26 Å². The van der Waals surface area contributed by atoms with Gasteiger partial charge in [0.05, 0.1) is 12.3 Å². The molecule has 1 aromatic heterocycles. The molecule has 1 heterocycles. The van der Waals surface area contributed by atoms with Gasteiger partial charge in [0.15, 0.2) is 0 Å². The Morgan fingerprint density at radius 3 is 2.69 bits per heavy atom. The largest absolute Gasteiger partial charge is 0.260 e. The van der Waals surface area contributed by atoms with Crippen LogP contribution in [0, 0.1) is 17.1 Å². The number of nitrogens with zero attached hydrogens (tertiary/aromatic N) is 3. The number of halogens is 1. The maximum Gasteiger partial charge on any atom is 0.245 e. The van der Waals surface area contributed by atoms with E-state index >= 15 is 0 Å². The van der Waals surface area contributed by atoms with Gasteiger partial charge in [-0.05, 0) is 13.0 Å². The Kier molecular flexibility index (Phi) is 3.57. The van der Waals surface area contributed by atoms with Crippen molar-refractivity contribution in [2.45, 2.75) is 17.9 Å². The molecule has 0 N–H and O–H groups in total. The van der Waals surface area contributed by atoms with Gasteiger partial charge in [-0.15, -0.1) is 0 Å². The third-order valence-corrected chi connectivity index (χ3v) is 3.98. The fraction of sp³-hybridized carbons (Fsp3) is 0.333. The second-order valence-corrected chi connectivity index (χ2v) is 5.16. The minimum atomic E-state index is -3.86. The standard InChI is InChI=1S/C9H10FN3O2S/c1-7(4-11)13(2)16(14,15)9-3-8(10)5-12-6-9/h3,5-7H,1-2H3. The molecule has 0 aromatic carbocycles. The van der Waals surface area contributed by atoms with Gasteiger partial charge in [0.25, 0.3) is 0 Å². The predicted molar refractivity (Wildman–Crippen MR) is 54.2 cm³/mol. The molecule has 16 heavy (non-hydrogen) atoms. The van der Waals surface area contributed by atoms with E-state index in [1.165, 1.54) is 14.0 Å². The minimum Gasteiger partial charge on any atom is -0.260 e. The van der Waals surface area contributed by atoms with E-state index in [0.717, 1.165) is 22.8 Å². The van der Waals surface area contributed by atoms with Gasteiger partial charge in [-0.1, -0.05) is 0 Å². The van der Waals surface area contributed by atoms with Crippen molar-refractivity contribution < 1.29 is 12.8 Å². The number of sulfonamides is 1. The number of rotatable bonds is 3. The summed E-state index contributed by atoms with van der Waals surface area (Å²) in [5.74, 6) is -0.737. The van der Waals surface area contributed by atoms with Gasteiger partial charge in [0.1, 0.15) is 16.8 Å². The average Bonchev–Trinajstić information content (AvgIpc) is 2.27. The maximum absolute atomic E-state index is 12.8. The molecule has 86 valence electrons. The lowest BCUT2D eigenvalue weighted by atomic mass is 10.4. The molecule has 0 bridgehead atoms. The summed E-state index contributed by atoms with van der Waals surface area (Å²) in [6.45, 7) is 1.43. The molecule has 7 heteroatoms. The van der Waals surface area contributed by atoms with Crippen molar-refractivity contribution in [3.05, 3.63) is 24.3 Å². The quantitative estimate of drug-likeness (QED) is 0.785. The molecule has 0 radical (unpaired) electrons. The Bertz CT molecular complexity index is 524. The highest BCUT2D eigenvalue weighted by atomic mass is 32.2. The van der Waals surface area contributed by atoms with Gasteiger partial charge in [0.2, 0.25) is 10.0 Å². The number of hydrogen-bond donors (Lipinski definition) is 0. The van der Waals surface area contributed by atoms with Crippen molar-refractivity contribution in [2.24, 2.45) is 0 Å². The minimum absolute atomic E-state index is 0.267. The average molecular weight is 243 g/mol. The van der Waals surface area contributed by atoms with Crippen LogP contribution in [0.5, 0.6) is 0 Å². The van der Waals surface area contributed by atoms with E-state index in [4.69, 9.17) is 5.26 Å². The first-order valence-corrected chi connectivity index (χ1v) is 5.82. The molecular formula is C9H10FN3O2S. The number of pyridine rings is 1. The molecule has 1 atom stereocenters. The van der Waals surface area contributed by atoms with Gasteiger partial charge >= 0.3 is 0 Å². The van der Waals surface area contributed by atoms with Crippen LogP contribution in [0.15, 0.2) is 23.4 Å². The monoisotopic (exact) mass is 243 g/mol. The van der Waals surface area contributed by atoms with E-state index in [1.807, 2.05) is 0 Å². The lowest BCUT2D eigenvalue weighted by molar-refractivity contribution is 0.441. The van der Waals surface area contributed by atoms with Crippen LogP contribution >= 0.6 is 0 Å². The first-order chi connectivity index (χ1) is 7.39. The lowest BCUT2D eigenvalue weighted by Crippen LogP contribution is -2.34. The van der Waals surface area contributed by atoms with E-state index < -0.39 is 21.9 Å². The zero-order chi connectivity index (χ0) is 12.3. The number of hydrogen-bond acceptors (Lipinski definition) is 4. The summed E-state index contributed by atoms with van der Waals surface area (Å²) in [6.07, 6.45) is 1.95. The molecule has 0 saturated carbocycles. The third-order valence-electron chi connectivity index (χ3n) is 2.09. The van der Waals surface area contributed by atoms with Crippen LogP contribution in [0.1, 0.15) is 6.92 Å². The van der Waals surface area contributed by atoms with Crippen LogP contribution < -0.4 is 0 Å². The van der Waals surface area contributed by atoms with Crippen LogP contribution in [0.4, 0.5) is 4.39 Å². The Labute approximate surface area is 93.2 Å². The fourth-order valence-corrected chi connectivity index (χ4v) is 2.24. The van der Waals surface area contributed by atoms with Crippen molar-refractivity contribution in [1.82, 2.24) is 9.29 Å². The van der Waals surface area contributed by atoms with Gasteiger partial charge in [-0.2, -0.15) is 9.57 Å². The van der Waals surface area contributed by atoms with Gasteiger partial charge < -0.3 is 0 Å². The van der Waals surface area contributed by atoms with E-state index in [9.17, 15) is 12.8 Å². The first kappa shape index (κ1) is 12.5. The van der Waals surface area contributed by atoms with Gasteiger partial charge in [0, 0.05) is 13.2 Å². The second kappa shape index (κ2) is 4.55. The first-order valence-electron chi connectivity index (χ1n) is 4.38. The van der Waals surface area contributed by atoms with Crippen molar-refractivity contribution in [3.63, 3.8) is 0 Å². The molecule has 0 saturated heterocycles. The smallest absolute Gasteiger partial charge is 0.245 e. The molecule has 1 unspecified atom stereocenters. The molecule has 0 fully saturated rings. The van der Waals surface area contributed by atoms with Crippen LogP contribution in [-0.4, -0.2) is 30.8 Å². The third kappa shape index (κ3) is 2.35. The summed E-state index contributed by atoms with van der Waals surface area (Å²) in [5, 5.41) is 8.62. The summed E-state index contributed by atoms with van der Waals surface area (Å²) in [6, 6.07) is 1.83. The summed E-state index contributed by atoms with van der Waals surface area (Å²) >= 11 is 0. The van der Waals surface area contributed by atoms with Crippen LogP contribution in [-0.2, 0) is 10.0 Å². The maximum atomic E-state index is 12.8. The Morgan fingerprint density at radius 2 is 2.19 bits per heavy atom. The predicted octanol–water partition coefficient (Wildman–Crippen LogP) is 0.753. The van der Waals surface area contributed by atoms with Crippen LogP contribution in [0.3, 0.4) is 0 Å². The molecule has 1 aromatic rings. The van der Waals surface area contributed by atoms with E-state index in [1.54, 1.807) is 6.07 Å². The van der Waals surface area contributed by atoms with Crippen LogP contribution in [0.2, 0.25) is 0 Å². The zero-order valence-electron chi connectivity index (χ0n) is 8.75. The molecule has 1 rings (SSSR count). The van der Waals surface area contributed by atoms with Crippen molar-refractivity contribution in [3.8, 4) is 6.07 Å². The van der Waals surface area contributed by atoms with Crippen molar-refractivity contribution >= 4 is 10.0 Å². The highest BCUT2D eigenvalue weighted by Gasteiger charge is 2.25. The topological polar surface area (TPSA) is 74.1 Å². The lowest BCUT2D eigenvalue weighted by Gasteiger charge is -2.18. The second-order valence-electron chi connectivity index (χ2n) is 3.17. The van der Waals surface area contributed by atoms with Crippen LogP contribution in [0.25, 0.3) is 0 Å². The summed E-state index contributed by atoms with van der Waals surface area (Å²) in [7, 11) is -2.61.